The summed E-state index contributed by atoms with van der Waals surface area (Å²) in [4.78, 5) is 19.0. The molecule has 156 valence electrons. The molecule has 0 N–H and O–H groups in total. The summed E-state index contributed by atoms with van der Waals surface area (Å²) < 4.78 is 0. The van der Waals surface area contributed by atoms with Gasteiger partial charge < -0.3 is 9.80 Å². The fourth-order valence-electron chi connectivity index (χ4n) is 5.01. The zero-order valence-corrected chi connectivity index (χ0v) is 17.9. The molecule has 1 aliphatic carbocycles. The van der Waals surface area contributed by atoms with Gasteiger partial charge in [0.2, 0.25) is 0 Å². The molecule has 5 nitrogen and oxygen atoms in total. The minimum absolute atomic E-state index is 0.773. The topological polar surface area (TPSA) is 45.2 Å². The summed E-state index contributed by atoms with van der Waals surface area (Å²) in [6, 6.07) is 10.8. The second-order valence-corrected chi connectivity index (χ2v) is 8.86. The normalized spacial score (nSPS) is 18.2. The highest BCUT2D eigenvalue weighted by molar-refractivity contribution is 5.92. The molecule has 2 aromatic heterocycles. The van der Waals surface area contributed by atoms with E-state index in [4.69, 9.17) is 4.98 Å². The zero-order valence-electron chi connectivity index (χ0n) is 17.9. The van der Waals surface area contributed by atoms with Crippen molar-refractivity contribution < 1.29 is 0 Å². The van der Waals surface area contributed by atoms with Gasteiger partial charge in [0.15, 0.2) is 0 Å². The van der Waals surface area contributed by atoms with Gasteiger partial charge in [-0.2, -0.15) is 0 Å². The number of hydrogen-bond donors (Lipinski definition) is 0. The summed E-state index contributed by atoms with van der Waals surface area (Å²) in [5.74, 6) is 2.89. The van der Waals surface area contributed by atoms with E-state index in [1.165, 1.54) is 48.7 Å². The average molecular weight is 402 g/mol. The molecule has 1 aromatic carbocycles. The van der Waals surface area contributed by atoms with E-state index < -0.39 is 0 Å². The molecule has 5 heteroatoms. The molecule has 3 heterocycles. The van der Waals surface area contributed by atoms with E-state index in [-0.39, 0.29) is 0 Å². The number of fused-ring (bicyclic) bond motifs is 1. The Morgan fingerprint density at radius 3 is 2.47 bits per heavy atom. The van der Waals surface area contributed by atoms with E-state index >= 15 is 0 Å². The van der Waals surface area contributed by atoms with Crippen molar-refractivity contribution >= 4 is 22.4 Å². The van der Waals surface area contributed by atoms with Crippen LogP contribution in [-0.4, -0.2) is 41.1 Å². The molecule has 0 atom stereocenters. The van der Waals surface area contributed by atoms with E-state index in [0.717, 1.165) is 55.7 Å². The molecule has 1 saturated heterocycles. The van der Waals surface area contributed by atoms with Crippen LogP contribution in [0.3, 0.4) is 0 Å². The molecule has 0 radical (unpaired) electrons. The van der Waals surface area contributed by atoms with Crippen LogP contribution in [0.4, 0.5) is 11.5 Å². The van der Waals surface area contributed by atoms with E-state index in [1.54, 1.807) is 0 Å². The van der Waals surface area contributed by atoms with Crippen molar-refractivity contribution in [2.75, 3.05) is 36.0 Å². The minimum Gasteiger partial charge on any atom is -0.367 e. The molecule has 0 bridgehead atoms. The van der Waals surface area contributed by atoms with Gasteiger partial charge in [0.25, 0.3) is 0 Å². The van der Waals surface area contributed by atoms with E-state index in [1.807, 2.05) is 12.4 Å². The largest absolute Gasteiger partial charge is 0.367 e. The molecule has 2 aliphatic rings. The Bertz CT molecular complexity index is 1000. The van der Waals surface area contributed by atoms with Crippen LogP contribution >= 0.6 is 0 Å². The van der Waals surface area contributed by atoms with Crippen LogP contribution in [0.2, 0.25) is 0 Å². The Labute approximate surface area is 179 Å². The lowest BCUT2D eigenvalue weighted by molar-refractivity contribution is 0.351. The van der Waals surface area contributed by atoms with Crippen LogP contribution in [0.1, 0.15) is 43.5 Å². The number of aromatic nitrogens is 3. The SMILES string of the molecule is Cc1ccc2c(N3CCN(c4ccnc(CC5CCCCC5)n4)CC3)ccnc2c1. The predicted molar refractivity (Wildman–Crippen MR) is 123 cm³/mol. The Morgan fingerprint density at radius 1 is 0.867 bits per heavy atom. The summed E-state index contributed by atoms with van der Waals surface area (Å²) in [6.45, 7) is 6.08. The fourth-order valence-corrected chi connectivity index (χ4v) is 5.01. The zero-order chi connectivity index (χ0) is 20.3. The molecule has 1 saturated carbocycles. The van der Waals surface area contributed by atoms with Crippen molar-refractivity contribution in [3.8, 4) is 0 Å². The molecule has 0 amide bonds. The fraction of sp³-hybridized carbons (Fsp3) is 0.480. The Balaban J connectivity index is 1.27. The highest BCUT2D eigenvalue weighted by atomic mass is 15.3. The standard InChI is InChI=1S/C25H31N5/c1-19-7-8-21-22(17-19)26-11-9-23(21)29-13-15-30(16-14-29)25-10-12-27-24(28-25)18-20-5-3-2-4-6-20/h7-12,17,20H,2-6,13-16,18H2,1H3. The molecule has 1 aliphatic heterocycles. The molecule has 3 aromatic rings. The first-order valence-corrected chi connectivity index (χ1v) is 11.4. The molecular formula is C25H31N5. The van der Waals surface area contributed by atoms with Crippen molar-refractivity contribution in [2.45, 2.75) is 45.4 Å². The second-order valence-electron chi connectivity index (χ2n) is 8.86. The maximum absolute atomic E-state index is 4.93. The first-order chi connectivity index (χ1) is 14.8. The summed E-state index contributed by atoms with van der Waals surface area (Å²) >= 11 is 0. The van der Waals surface area contributed by atoms with Gasteiger partial charge in [-0.05, 0) is 36.6 Å². The minimum atomic E-state index is 0.773. The first kappa shape index (κ1) is 19.3. The van der Waals surface area contributed by atoms with Crippen molar-refractivity contribution in [2.24, 2.45) is 5.92 Å². The highest BCUT2D eigenvalue weighted by Crippen LogP contribution is 2.28. The molecule has 0 spiro atoms. The quantitative estimate of drug-likeness (QED) is 0.629. The van der Waals surface area contributed by atoms with Crippen molar-refractivity contribution in [1.29, 1.82) is 0 Å². The van der Waals surface area contributed by atoms with Gasteiger partial charge in [-0.1, -0.05) is 44.2 Å². The third kappa shape index (κ3) is 4.11. The van der Waals surface area contributed by atoms with Gasteiger partial charge in [0, 0.05) is 56.1 Å². The number of hydrogen-bond acceptors (Lipinski definition) is 5. The first-order valence-electron chi connectivity index (χ1n) is 11.4. The number of rotatable bonds is 4. The van der Waals surface area contributed by atoms with Gasteiger partial charge in [0.1, 0.15) is 11.6 Å². The lowest BCUT2D eigenvalue weighted by atomic mass is 9.87. The maximum Gasteiger partial charge on any atom is 0.132 e. The van der Waals surface area contributed by atoms with Crippen molar-refractivity contribution in [1.82, 2.24) is 15.0 Å². The van der Waals surface area contributed by atoms with Gasteiger partial charge in [0.05, 0.1) is 5.52 Å². The number of piperazine rings is 1. The van der Waals surface area contributed by atoms with Gasteiger partial charge in [-0.3, -0.25) is 4.98 Å². The van der Waals surface area contributed by atoms with Crippen molar-refractivity contribution in [3.63, 3.8) is 0 Å². The van der Waals surface area contributed by atoms with Crippen LogP contribution in [0, 0.1) is 12.8 Å². The maximum atomic E-state index is 4.93. The number of anilines is 2. The summed E-state index contributed by atoms with van der Waals surface area (Å²) in [5.41, 5.74) is 3.63. The van der Waals surface area contributed by atoms with Crippen LogP contribution in [-0.2, 0) is 6.42 Å². The van der Waals surface area contributed by atoms with Crippen LogP contribution < -0.4 is 9.80 Å². The smallest absolute Gasteiger partial charge is 0.132 e. The Kier molecular flexibility index (Phi) is 5.52. The monoisotopic (exact) mass is 401 g/mol. The Hall–Kier alpha value is -2.69. The van der Waals surface area contributed by atoms with E-state index in [2.05, 4.69) is 57.0 Å². The Morgan fingerprint density at radius 2 is 1.63 bits per heavy atom. The summed E-state index contributed by atoms with van der Waals surface area (Å²) in [6.07, 6.45) is 11.7. The van der Waals surface area contributed by atoms with Crippen LogP contribution in [0.5, 0.6) is 0 Å². The molecule has 2 fully saturated rings. The van der Waals surface area contributed by atoms with Crippen LogP contribution in [0.15, 0.2) is 42.7 Å². The number of pyridine rings is 1. The third-order valence-electron chi connectivity index (χ3n) is 6.71. The van der Waals surface area contributed by atoms with Crippen LogP contribution in [0.25, 0.3) is 10.9 Å². The highest BCUT2D eigenvalue weighted by Gasteiger charge is 2.21. The molecular weight excluding hydrogens is 370 g/mol. The third-order valence-corrected chi connectivity index (χ3v) is 6.71. The predicted octanol–water partition coefficient (Wildman–Crippen LogP) is 4.78. The number of aryl methyl sites for hydroxylation is 1. The summed E-state index contributed by atoms with van der Waals surface area (Å²) in [7, 11) is 0. The van der Waals surface area contributed by atoms with Crippen molar-refractivity contribution in [3.05, 3.63) is 54.1 Å². The molecule has 30 heavy (non-hydrogen) atoms. The average Bonchev–Trinajstić information content (AvgIpc) is 2.79. The van der Waals surface area contributed by atoms with Gasteiger partial charge in [-0.25, -0.2) is 9.97 Å². The van der Waals surface area contributed by atoms with E-state index in [0.29, 0.717) is 0 Å². The van der Waals surface area contributed by atoms with E-state index in [9.17, 15) is 0 Å². The second kappa shape index (κ2) is 8.58. The lowest BCUT2D eigenvalue weighted by Gasteiger charge is -2.37. The molecule has 0 unspecified atom stereocenters. The summed E-state index contributed by atoms with van der Waals surface area (Å²) in [5, 5.41) is 1.24. The lowest BCUT2D eigenvalue weighted by Crippen LogP contribution is -2.47. The van der Waals surface area contributed by atoms with Gasteiger partial charge in [-0.15, -0.1) is 0 Å². The van der Waals surface area contributed by atoms with Gasteiger partial charge >= 0.3 is 0 Å². The number of nitrogens with zero attached hydrogens (tertiary/aromatic N) is 5. The number of benzene rings is 1. The molecule has 5 rings (SSSR count).